The minimum Gasteiger partial charge on any atom is -0.493 e. The Bertz CT molecular complexity index is 1320. The molecule has 0 unspecified atom stereocenters. The number of fused-ring (bicyclic) bond motifs is 2. The van der Waals surface area contributed by atoms with Crippen LogP contribution in [0.4, 0.5) is 0 Å². The van der Waals surface area contributed by atoms with Crippen LogP contribution in [0.2, 0.25) is 0 Å². The molecule has 7 heteroatoms. The van der Waals surface area contributed by atoms with Crippen molar-refractivity contribution in [3.05, 3.63) is 65.7 Å². The van der Waals surface area contributed by atoms with Crippen LogP contribution in [-0.2, 0) is 11.2 Å². The zero-order chi connectivity index (χ0) is 27.2. The fourth-order valence-electron chi connectivity index (χ4n) is 6.13. The topological polar surface area (TPSA) is 72.0 Å². The molecule has 1 saturated heterocycles. The second-order valence-electron chi connectivity index (χ2n) is 11.0. The first-order chi connectivity index (χ1) is 19.0. The molecular formula is C32H39N3O4. The van der Waals surface area contributed by atoms with Crippen molar-refractivity contribution in [2.45, 2.75) is 51.4 Å². The molecule has 3 heterocycles. The van der Waals surface area contributed by atoms with Gasteiger partial charge >= 0.3 is 0 Å². The highest BCUT2D eigenvalue weighted by Gasteiger charge is 2.38. The highest BCUT2D eigenvalue weighted by atomic mass is 16.5. The number of rotatable bonds is 2. The summed E-state index contributed by atoms with van der Waals surface area (Å²) < 4.78 is 11.4. The molecule has 0 aliphatic carbocycles. The largest absolute Gasteiger partial charge is 0.493 e. The van der Waals surface area contributed by atoms with Gasteiger partial charge in [-0.1, -0.05) is 42.8 Å². The maximum atomic E-state index is 13.7. The second-order valence-corrected chi connectivity index (χ2v) is 11.0. The highest BCUT2D eigenvalue weighted by Crippen LogP contribution is 2.39. The van der Waals surface area contributed by atoms with Crippen LogP contribution in [0.3, 0.4) is 0 Å². The van der Waals surface area contributed by atoms with Gasteiger partial charge in [0.2, 0.25) is 11.8 Å². The number of para-hydroxylation sites is 2. The number of piperidine rings is 1. The lowest BCUT2D eigenvalue weighted by molar-refractivity contribution is -0.132. The fraction of sp³-hybridized carbons (Fsp3) is 0.469. The first-order valence-electron chi connectivity index (χ1n) is 14.2. The number of ether oxygens (including phenoxy) is 2. The summed E-state index contributed by atoms with van der Waals surface area (Å²) in [4.78, 5) is 35.1. The Morgan fingerprint density at radius 1 is 0.974 bits per heavy atom. The average molecular weight is 530 g/mol. The van der Waals surface area contributed by atoms with Gasteiger partial charge in [-0.2, -0.15) is 0 Å². The number of benzene rings is 2. The molecule has 2 aromatic carbocycles. The molecule has 0 atom stereocenters. The number of nitrogens with zero attached hydrogens (tertiary/aromatic N) is 3. The Labute approximate surface area is 231 Å². The lowest BCUT2D eigenvalue weighted by atomic mass is 9.73. The third-order valence-corrected chi connectivity index (χ3v) is 8.41. The highest BCUT2D eigenvalue weighted by molar-refractivity contribution is 6.06. The Balaban J connectivity index is 1.31. The fourth-order valence-corrected chi connectivity index (χ4v) is 6.13. The molecule has 206 valence electrons. The molecule has 2 amide bonds. The lowest BCUT2D eigenvalue weighted by Gasteiger charge is -2.44. The number of carbonyl (C=O) groups is 2. The van der Waals surface area contributed by atoms with Crippen molar-refractivity contribution in [3.8, 4) is 11.6 Å². The number of aryl methyl sites for hydroxylation is 1. The van der Waals surface area contributed by atoms with Gasteiger partial charge in [0.15, 0.2) is 0 Å². The number of amides is 2. The standard InChI is InChI=1S/C32H39N3O4/c1-34-23-32(16-8-7-11-24-10-3-6-14-28(24)39-21-9-15-30(34)36)17-19-35(20-18-32)31(37)26-22-29(38-2)33-27-13-5-4-12-25(26)27/h3-6,10,12-14,22H,7-9,11,15-21,23H2,1-2H3. The summed E-state index contributed by atoms with van der Waals surface area (Å²) >= 11 is 0. The van der Waals surface area contributed by atoms with E-state index < -0.39 is 0 Å². The number of methoxy groups -OCH3 is 1. The SMILES string of the molecule is COc1cc(C(=O)N2CCC3(CCCCc4ccccc4OCCCC(=O)N(C)C3)CC2)c2ccccc2n1. The van der Waals surface area contributed by atoms with Crippen LogP contribution in [0.5, 0.6) is 11.6 Å². The Hall–Kier alpha value is -3.61. The first-order valence-corrected chi connectivity index (χ1v) is 14.2. The number of pyridine rings is 1. The van der Waals surface area contributed by atoms with Crippen molar-refractivity contribution in [1.82, 2.24) is 14.8 Å². The van der Waals surface area contributed by atoms with Gasteiger partial charge in [0.05, 0.1) is 24.8 Å². The second kappa shape index (κ2) is 12.1. The van der Waals surface area contributed by atoms with Crippen molar-refractivity contribution < 1.29 is 19.1 Å². The van der Waals surface area contributed by atoms with Crippen LogP contribution >= 0.6 is 0 Å². The molecule has 3 aromatic rings. The summed E-state index contributed by atoms with van der Waals surface area (Å²) in [6, 6.07) is 17.7. The zero-order valence-electron chi connectivity index (χ0n) is 23.2. The van der Waals surface area contributed by atoms with Gasteiger partial charge in [-0.3, -0.25) is 9.59 Å². The van der Waals surface area contributed by atoms with Crippen LogP contribution in [0, 0.1) is 5.41 Å². The lowest BCUT2D eigenvalue weighted by Crippen LogP contribution is -2.48. The van der Waals surface area contributed by atoms with Crippen molar-refractivity contribution in [2.75, 3.05) is 40.4 Å². The van der Waals surface area contributed by atoms with Crippen LogP contribution < -0.4 is 9.47 Å². The van der Waals surface area contributed by atoms with Crippen LogP contribution in [0.15, 0.2) is 54.6 Å². The third-order valence-electron chi connectivity index (χ3n) is 8.41. The third kappa shape index (κ3) is 6.18. The minimum atomic E-state index is 0.0132. The minimum absolute atomic E-state index is 0.0132. The maximum absolute atomic E-state index is 13.7. The molecule has 7 nitrogen and oxygen atoms in total. The summed E-state index contributed by atoms with van der Waals surface area (Å²) in [6.45, 7) is 2.64. The zero-order valence-corrected chi connectivity index (χ0v) is 23.2. The molecule has 2 aliphatic rings. The van der Waals surface area contributed by atoms with Gasteiger partial charge in [0, 0.05) is 44.6 Å². The van der Waals surface area contributed by atoms with Gasteiger partial charge in [-0.05, 0) is 61.6 Å². The van der Waals surface area contributed by atoms with Gasteiger partial charge in [0.25, 0.3) is 5.91 Å². The quantitative estimate of drug-likeness (QED) is 0.438. The molecule has 0 saturated carbocycles. The van der Waals surface area contributed by atoms with E-state index >= 15 is 0 Å². The average Bonchev–Trinajstić information content (AvgIpc) is 2.97. The van der Waals surface area contributed by atoms with E-state index in [2.05, 4.69) is 17.1 Å². The first kappa shape index (κ1) is 27.0. The normalized spacial score (nSPS) is 18.8. The number of aromatic nitrogens is 1. The van der Waals surface area contributed by atoms with Gasteiger partial charge < -0.3 is 19.3 Å². The number of likely N-dealkylation sites (tertiary alicyclic amines) is 1. The summed E-state index contributed by atoms with van der Waals surface area (Å²) in [6.07, 6.45) is 7.14. The van der Waals surface area contributed by atoms with Crippen molar-refractivity contribution in [1.29, 1.82) is 0 Å². The summed E-state index contributed by atoms with van der Waals surface area (Å²) in [5.74, 6) is 1.57. The molecule has 0 radical (unpaired) electrons. The molecule has 1 spiro atoms. The Morgan fingerprint density at radius 3 is 2.56 bits per heavy atom. The smallest absolute Gasteiger partial charge is 0.254 e. The molecule has 39 heavy (non-hydrogen) atoms. The van der Waals surface area contributed by atoms with Gasteiger partial charge in [-0.15, -0.1) is 0 Å². The van der Waals surface area contributed by atoms with E-state index in [4.69, 9.17) is 9.47 Å². The Kier molecular flexibility index (Phi) is 8.34. The molecule has 1 fully saturated rings. The van der Waals surface area contributed by atoms with Crippen molar-refractivity contribution in [3.63, 3.8) is 0 Å². The molecule has 0 N–H and O–H groups in total. The molecule has 2 aliphatic heterocycles. The van der Waals surface area contributed by atoms with E-state index in [0.29, 0.717) is 44.0 Å². The number of hydrogen-bond acceptors (Lipinski definition) is 5. The predicted molar refractivity (Wildman–Crippen MR) is 152 cm³/mol. The van der Waals surface area contributed by atoms with E-state index in [1.807, 2.05) is 53.2 Å². The van der Waals surface area contributed by atoms with Crippen LogP contribution in [0.1, 0.15) is 60.9 Å². The molecular weight excluding hydrogens is 490 g/mol. The summed E-state index contributed by atoms with van der Waals surface area (Å²) in [5.41, 5.74) is 2.64. The van der Waals surface area contributed by atoms with E-state index in [9.17, 15) is 9.59 Å². The molecule has 1 aromatic heterocycles. The van der Waals surface area contributed by atoms with Crippen molar-refractivity contribution >= 4 is 22.7 Å². The number of carbonyl (C=O) groups excluding carboxylic acids is 2. The summed E-state index contributed by atoms with van der Waals surface area (Å²) in [5, 5.41) is 0.844. The Morgan fingerprint density at radius 2 is 1.74 bits per heavy atom. The van der Waals surface area contributed by atoms with Crippen LogP contribution in [-0.4, -0.2) is 67.0 Å². The van der Waals surface area contributed by atoms with E-state index in [-0.39, 0.29) is 17.2 Å². The van der Waals surface area contributed by atoms with Crippen LogP contribution in [0.25, 0.3) is 10.9 Å². The van der Waals surface area contributed by atoms with E-state index in [0.717, 1.165) is 61.7 Å². The molecule has 5 rings (SSSR count). The van der Waals surface area contributed by atoms with E-state index in [1.54, 1.807) is 13.2 Å². The van der Waals surface area contributed by atoms with Crippen molar-refractivity contribution in [2.24, 2.45) is 5.41 Å². The monoisotopic (exact) mass is 529 g/mol. The predicted octanol–water partition coefficient (Wildman–Crippen LogP) is 5.51. The maximum Gasteiger partial charge on any atom is 0.254 e. The van der Waals surface area contributed by atoms with Gasteiger partial charge in [-0.25, -0.2) is 4.98 Å². The molecule has 0 bridgehead atoms. The van der Waals surface area contributed by atoms with E-state index in [1.165, 1.54) is 5.56 Å². The van der Waals surface area contributed by atoms with Gasteiger partial charge in [0.1, 0.15) is 5.75 Å². The number of hydrogen-bond donors (Lipinski definition) is 0. The summed E-state index contributed by atoms with van der Waals surface area (Å²) in [7, 11) is 3.51.